The van der Waals surface area contributed by atoms with Crippen LogP contribution in [-0.4, -0.2) is 75.7 Å². The fourth-order valence-electron chi connectivity index (χ4n) is 4.42. The topological polar surface area (TPSA) is 108 Å². The Balaban J connectivity index is 1.48. The molecule has 2 aliphatic rings. The largest absolute Gasteiger partial charge is 0.419 e. The second-order valence-corrected chi connectivity index (χ2v) is 8.88. The number of carbonyl (C=O) groups excluding carboxylic acids is 1. The van der Waals surface area contributed by atoms with Crippen LogP contribution in [0.3, 0.4) is 0 Å². The molecule has 0 radical (unpaired) electrons. The number of fused-ring (bicyclic) bond motifs is 1. The van der Waals surface area contributed by atoms with Crippen LogP contribution in [0.2, 0.25) is 0 Å². The summed E-state index contributed by atoms with van der Waals surface area (Å²) in [6.45, 7) is 4.62. The van der Waals surface area contributed by atoms with Gasteiger partial charge < -0.3 is 25.3 Å². The van der Waals surface area contributed by atoms with E-state index < -0.39 is 11.7 Å². The highest BCUT2D eigenvalue weighted by Gasteiger charge is 2.36. The molecule has 1 amide bonds. The van der Waals surface area contributed by atoms with Crippen molar-refractivity contribution in [3.8, 4) is 11.3 Å². The Morgan fingerprint density at radius 2 is 2.00 bits per heavy atom. The third kappa shape index (κ3) is 4.94. The van der Waals surface area contributed by atoms with Crippen LogP contribution in [0.1, 0.15) is 35.8 Å². The monoisotopic (exact) mass is 489 g/mol. The first-order chi connectivity index (χ1) is 16.8. The van der Waals surface area contributed by atoms with Gasteiger partial charge in [0.2, 0.25) is 5.95 Å². The molecule has 2 atom stereocenters. The number of aromatic nitrogens is 4. The van der Waals surface area contributed by atoms with Crippen LogP contribution in [-0.2, 0) is 10.9 Å². The number of hydrogen-bond donors (Lipinski definition) is 3. The zero-order valence-corrected chi connectivity index (χ0v) is 19.2. The average Bonchev–Trinajstić information content (AvgIpc) is 3.28. The van der Waals surface area contributed by atoms with Gasteiger partial charge in [0.15, 0.2) is 0 Å². The Bertz CT molecular complexity index is 1220. The lowest BCUT2D eigenvalue weighted by atomic mass is 10.0. The van der Waals surface area contributed by atoms with E-state index in [-0.39, 0.29) is 34.8 Å². The molecule has 0 aromatic carbocycles. The number of nitrogens with one attached hydrogen (secondary N) is 3. The minimum absolute atomic E-state index is 0.0224. The molecular weight excluding hydrogens is 463 g/mol. The number of carbonyl (C=O) groups is 1. The van der Waals surface area contributed by atoms with Gasteiger partial charge in [-0.2, -0.15) is 13.2 Å². The van der Waals surface area contributed by atoms with Crippen molar-refractivity contribution in [1.82, 2.24) is 30.2 Å². The first kappa shape index (κ1) is 23.5. The van der Waals surface area contributed by atoms with Crippen LogP contribution in [0.15, 0.2) is 24.5 Å². The van der Waals surface area contributed by atoms with Gasteiger partial charge in [0.25, 0.3) is 5.91 Å². The summed E-state index contributed by atoms with van der Waals surface area (Å²) < 4.78 is 46.8. The van der Waals surface area contributed by atoms with Gasteiger partial charge in [0, 0.05) is 55.1 Å². The van der Waals surface area contributed by atoms with Crippen molar-refractivity contribution in [3.63, 3.8) is 0 Å². The molecular formula is C23H26F3N7O2. The van der Waals surface area contributed by atoms with E-state index in [4.69, 9.17) is 4.74 Å². The van der Waals surface area contributed by atoms with Crippen LogP contribution in [0.5, 0.6) is 0 Å². The van der Waals surface area contributed by atoms with Gasteiger partial charge in [0.1, 0.15) is 16.9 Å². The van der Waals surface area contributed by atoms with E-state index in [2.05, 4.69) is 37.5 Å². The smallest absolute Gasteiger partial charge is 0.378 e. The van der Waals surface area contributed by atoms with Gasteiger partial charge in [-0.15, -0.1) is 0 Å². The number of anilines is 1. The maximum Gasteiger partial charge on any atom is 0.419 e. The summed E-state index contributed by atoms with van der Waals surface area (Å²) in [5.74, 6) is -0.109. The first-order valence-electron chi connectivity index (χ1n) is 11.6. The summed E-state index contributed by atoms with van der Waals surface area (Å²) in [4.78, 5) is 29.9. The molecule has 5 heterocycles. The lowest BCUT2D eigenvalue weighted by molar-refractivity contribution is -0.137. The predicted molar refractivity (Wildman–Crippen MR) is 123 cm³/mol. The Morgan fingerprint density at radius 1 is 1.20 bits per heavy atom. The normalized spacial score (nSPS) is 21.3. The molecule has 0 aliphatic carbocycles. The molecule has 2 fully saturated rings. The number of nitrogens with zero attached hydrogens (tertiary/aromatic N) is 4. The quantitative estimate of drug-likeness (QED) is 0.517. The molecule has 12 heteroatoms. The van der Waals surface area contributed by atoms with Gasteiger partial charge in [-0.1, -0.05) is 0 Å². The number of halogens is 3. The SMILES string of the molecule is C[C@H]1CC[C@H](Nc2ncc(C(F)(F)F)c(-c3c[nH]c4nc(C(=O)N5CCOCC5)ccc34)n2)CN1. The molecule has 5 rings (SSSR count). The number of H-pyrrole nitrogens is 1. The van der Waals surface area contributed by atoms with E-state index >= 15 is 0 Å². The number of pyridine rings is 1. The summed E-state index contributed by atoms with van der Waals surface area (Å²) in [5, 5.41) is 6.93. The van der Waals surface area contributed by atoms with Gasteiger partial charge in [-0.3, -0.25) is 4.79 Å². The molecule has 186 valence electrons. The molecule has 0 unspecified atom stereocenters. The van der Waals surface area contributed by atoms with Crippen molar-refractivity contribution in [1.29, 1.82) is 0 Å². The first-order valence-corrected chi connectivity index (χ1v) is 11.6. The zero-order chi connectivity index (χ0) is 24.6. The maximum absolute atomic E-state index is 13.9. The van der Waals surface area contributed by atoms with Crippen LogP contribution in [0.25, 0.3) is 22.3 Å². The Labute approximate surface area is 199 Å². The molecule has 3 aromatic heterocycles. The van der Waals surface area contributed by atoms with E-state index in [1.54, 1.807) is 11.0 Å². The van der Waals surface area contributed by atoms with Gasteiger partial charge in [-0.05, 0) is 31.9 Å². The molecule has 2 aliphatic heterocycles. The van der Waals surface area contributed by atoms with Crippen LogP contribution in [0, 0.1) is 0 Å². The van der Waals surface area contributed by atoms with E-state index in [1.807, 2.05) is 0 Å². The summed E-state index contributed by atoms with van der Waals surface area (Å²) in [5.41, 5.74) is -0.412. The minimum atomic E-state index is -4.64. The van der Waals surface area contributed by atoms with Crippen molar-refractivity contribution in [2.24, 2.45) is 0 Å². The second kappa shape index (κ2) is 9.42. The van der Waals surface area contributed by atoms with Gasteiger partial charge in [0.05, 0.1) is 18.9 Å². The maximum atomic E-state index is 13.9. The molecule has 9 nitrogen and oxygen atoms in total. The Hall–Kier alpha value is -3.25. The Morgan fingerprint density at radius 3 is 2.71 bits per heavy atom. The third-order valence-corrected chi connectivity index (χ3v) is 6.40. The Kier molecular flexibility index (Phi) is 6.32. The molecule has 0 spiro atoms. The van der Waals surface area contributed by atoms with Crippen molar-refractivity contribution in [3.05, 3.63) is 35.8 Å². The second-order valence-electron chi connectivity index (χ2n) is 8.88. The fraction of sp³-hybridized carbons (Fsp3) is 0.478. The standard InChI is InChI=1S/C23H26F3N7O2/c1-13-2-3-14(10-27-13)30-22-29-12-17(23(24,25)26)19(32-22)16-11-28-20-15(16)4-5-18(31-20)21(34)33-6-8-35-9-7-33/h4-5,11-14,27H,2-3,6-10H2,1H3,(H,28,31)(H,29,30,32)/t13-,14-/m0/s1. The van der Waals surface area contributed by atoms with Crippen molar-refractivity contribution < 1.29 is 22.7 Å². The number of morpholine rings is 1. The zero-order valence-electron chi connectivity index (χ0n) is 19.2. The van der Waals surface area contributed by atoms with E-state index in [9.17, 15) is 18.0 Å². The fourth-order valence-corrected chi connectivity index (χ4v) is 4.42. The van der Waals surface area contributed by atoms with Crippen LogP contribution < -0.4 is 10.6 Å². The highest BCUT2D eigenvalue weighted by molar-refractivity contribution is 5.98. The minimum Gasteiger partial charge on any atom is -0.378 e. The summed E-state index contributed by atoms with van der Waals surface area (Å²) in [7, 11) is 0. The third-order valence-electron chi connectivity index (χ3n) is 6.40. The molecule has 35 heavy (non-hydrogen) atoms. The van der Waals surface area contributed by atoms with E-state index in [0.29, 0.717) is 49.9 Å². The molecule has 0 saturated carbocycles. The lowest BCUT2D eigenvalue weighted by Gasteiger charge is -2.28. The summed E-state index contributed by atoms with van der Waals surface area (Å²) >= 11 is 0. The number of alkyl halides is 3. The average molecular weight is 490 g/mol. The lowest BCUT2D eigenvalue weighted by Crippen LogP contribution is -2.43. The van der Waals surface area contributed by atoms with E-state index in [0.717, 1.165) is 19.0 Å². The predicted octanol–water partition coefficient (Wildman–Crippen LogP) is 3.06. The van der Waals surface area contributed by atoms with Gasteiger partial charge in [-0.25, -0.2) is 15.0 Å². The van der Waals surface area contributed by atoms with Gasteiger partial charge >= 0.3 is 6.18 Å². The molecule has 2 saturated heterocycles. The number of hydrogen-bond acceptors (Lipinski definition) is 7. The van der Waals surface area contributed by atoms with Crippen molar-refractivity contribution >= 4 is 22.9 Å². The van der Waals surface area contributed by atoms with Crippen molar-refractivity contribution in [2.45, 2.75) is 38.0 Å². The van der Waals surface area contributed by atoms with Crippen LogP contribution >= 0.6 is 0 Å². The highest BCUT2D eigenvalue weighted by Crippen LogP contribution is 2.38. The highest BCUT2D eigenvalue weighted by atomic mass is 19.4. The number of amides is 1. The number of rotatable bonds is 4. The van der Waals surface area contributed by atoms with Crippen LogP contribution in [0.4, 0.5) is 19.1 Å². The molecule has 3 aromatic rings. The van der Waals surface area contributed by atoms with Crippen molar-refractivity contribution in [2.75, 3.05) is 38.2 Å². The summed E-state index contributed by atoms with van der Waals surface area (Å²) in [6, 6.07) is 3.55. The van der Waals surface area contributed by atoms with E-state index in [1.165, 1.54) is 12.3 Å². The summed E-state index contributed by atoms with van der Waals surface area (Å²) in [6.07, 6.45) is -0.577. The number of aromatic amines is 1. The number of piperidine rings is 1. The molecule has 0 bridgehead atoms. The number of ether oxygens (including phenoxy) is 1. The molecule has 3 N–H and O–H groups in total.